The molecule has 0 aliphatic carbocycles. The molecule has 3 amide bonds. The van der Waals surface area contributed by atoms with Crippen molar-refractivity contribution in [2.45, 2.75) is 49.0 Å². The molecule has 14 nitrogen and oxygen atoms in total. The Morgan fingerprint density at radius 1 is 0.983 bits per heavy atom. The van der Waals surface area contributed by atoms with Gasteiger partial charge in [0.2, 0.25) is 5.91 Å². The predicted molar refractivity (Wildman–Crippen MR) is 207 cm³/mol. The standard InChI is InChI=1S/C37H41BrN4O8S.C2HF3O2/c1-42(23-26-12-19-33(48-2)34(22-26)49-3)20-6-7-28(24-42)41(32(36(39)44)21-25-10-15-29(43)16-11-25)37(45)40-27-13-17-30(18-14-27)50-51(46,47)35-9-5-4-8-31(35)38;3-2(4,5)1(6)7/h4-5,8-19,22,28,32H,6-7,20-21,23-24H2,1-3H3,(H3-,39,40,43,44,45);(H,6,7)/t28-,32-,42?;/m0./s1. The minimum absolute atomic E-state index is 0.0202. The number of methoxy groups -OCH3 is 2. The highest BCUT2D eigenvalue weighted by Crippen LogP contribution is 2.32. The summed E-state index contributed by atoms with van der Waals surface area (Å²) in [5.41, 5.74) is 8.14. The van der Waals surface area contributed by atoms with Crippen LogP contribution in [-0.2, 0) is 32.7 Å². The number of hydrogen-bond donors (Lipinski definition) is 3. The number of carboxylic acids is 1. The van der Waals surface area contributed by atoms with Gasteiger partial charge in [-0.2, -0.15) is 21.6 Å². The van der Waals surface area contributed by atoms with Gasteiger partial charge >= 0.3 is 22.3 Å². The normalized spacial score (nSPS) is 17.1. The lowest BCUT2D eigenvalue weighted by molar-refractivity contribution is -0.928. The van der Waals surface area contributed by atoms with Crippen molar-refractivity contribution in [3.8, 4) is 23.0 Å². The van der Waals surface area contributed by atoms with E-state index in [1.54, 1.807) is 49.5 Å². The first-order valence-electron chi connectivity index (χ1n) is 17.5. The molecule has 0 spiro atoms. The number of carbonyl (C=O) groups excluding carboxylic acids is 3. The monoisotopic (exact) mass is 894 g/mol. The molecule has 1 saturated heterocycles. The van der Waals surface area contributed by atoms with Crippen LogP contribution in [0.4, 0.5) is 23.7 Å². The van der Waals surface area contributed by atoms with Gasteiger partial charge in [-0.3, -0.25) is 4.79 Å². The van der Waals surface area contributed by atoms with E-state index in [2.05, 4.69) is 28.3 Å². The summed E-state index contributed by atoms with van der Waals surface area (Å²) in [4.78, 5) is 37.7. The minimum atomic E-state index is -5.19. The summed E-state index contributed by atoms with van der Waals surface area (Å²) in [6, 6.07) is 22.6. The van der Waals surface area contributed by atoms with E-state index in [1.165, 1.54) is 42.5 Å². The first-order valence-corrected chi connectivity index (χ1v) is 19.7. The summed E-state index contributed by atoms with van der Waals surface area (Å²) in [6.45, 7) is 2.04. The largest absolute Gasteiger partial charge is 0.542 e. The van der Waals surface area contributed by atoms with Crippen LogP contribution in [0, 0.1) is 0 Å². The fourth-order valence-corrected chi connectivity index (χ4v) is 8.43. The Hall–Kier alpha value is -5.53. The Labute approximate surface area is 341 Å². The Bertz CT molecular complexity index is 2180. The number of benzene rings is 4. The molecule has 1 aliphatic rings. The van der Waals surface area contributed by atoms with E-state index in [1.807, 2.05) is 18.2 Å². The maximum atomic E-state index is 14.3. The zero-order valence-corrected chi connectivity index (χ0v) is 34.0. The van der Waals surface area contributed by atoms with E-state index in [4.69, 9.17) is 29.3 Å². The van der Waals surface area contributed by atoms with Crippen molar-refractivity contribution in [1.29, 1.82) is 0 Å². The first kappa shape index (κ1) is 45.2. The molecule has 1 unspecified atom stereocenters. The third kappa shape index (κ3) is 12.2. The molecule has 4 N–H and O–H groups in total. The topological polar surface area (TPSA) is 198 Å². The van der Waals surface area contributed by atoms with Gasteiger partial charge in [0.15, 0.2) is 11.5 Å². The number of nitrogens with two attached hydrogens (primary N) is 1. The molecule has 58 heavy (non-hydrogen) atoms. The molecule has 0 radical (unpaired) electrons. The third-order valence-corrected chi connectivity index (χ3v) is 11.5. The van der Waals surface area contributed by atoms with E-state index in [0.717, 1.165) is 24.1 Å². The number of urea groups is 1. The number of likely N-dealkylation sites (N-methyl/N-ethyl adjacent to an activating group) is 1. The Morgan fingerprint density at radius 3 is 2.16 bits per heavy atom. The second-order valence-electron chi connectivity index (χ2n) is 13.6. The summed E-state index contributed by atoms with van der Waals surface area (Å²) < 4.78 is 74.6. The number of phenols is 1. The van der Waals surface area contributed by atoms with Gasteiger partial charge in [-0.1, -0.05) is 24.3 Å². The molecule has 4 aromatic rings. The molecule has 0 aromatic heterocycles. The smallest absolute Gasteiger partial charge is 0.430 e. The molecule has 1 heterocycles. The number of piperidine rings is 1. The zero-order chi connectivity index (χ0) is 42.8. The van der Waals surface area contributed by atoms with Gasteiger partial charge in [-0.15, -0.1) is 0 Å². The lowest BCUT2D eigenvalue weighted by Gasteiger charge is -2.46. The number of aromatic hydroxyl groups is 1. The van der Waals surface area contributed by atoms with E-state index < -0.39 is 40.2 Å². The number of phenolic OH excluding ortho intramolecular Hbond substituents is 1. The van der Waals surface area contributed by atoms with Crippen LogP contribution in [0.1, 0.15) is 24.0 Å². The van der Waals surface area contributed by atoms with Crippen LogP contribution in [0.15, 0.2) is 100 Å². The molecule has 4 aromatic carbocycles. The lowest BCUT2D eigenvalue weighted by atomic mass is 9.96. The number of likely N-dealkylation sites (tertiary alicyclic amines) is 1. The highest BCUT2D eigenvalue weighted by molar-refractivity contribution is 9.10. The van der Waals surface area contributed by atoms with Crippen LogP contribution in [0.3, 0.4) is 0 Å². The number of nitrogens with one attached hydrogen (secondary N) is 1. The Balaban J connectivity index is 0.000000973. The number of ether oxygens (including phenoxy) is 2. The molecule has 5 rings (SSSR count). The van der Waals surface area contributed by atoms with Gasteiger partial charge in [-0.25, -0.2) is 4.79 Å². The van der Waals surface area contributed by atoms with Gasteiger partial charge in [0, 0.05) is 22.1 Å². The first-order chi connectivity index (χ1) is 27.2. The fourth-order valence-electron chi connectivity index (χ4n) is 6.54. The van der Waals surface area contributed by atoms with E-state index in [0.29, 0.717) is 45.7 Å². The van der Waals surface area contributed by atoms with Crippen molar-refractivity contribution in [2.75, 3.05) is 39.7 Å². The third-order valence-electron chi connectivity index (χ3n) is 9.21. The van der Waals surface area contributed by atoms with Crippen LogP contribution in [-0.4, -0.2) is 93.4 Å². The number of quaternary nitrogens is 1. The number of nitrogens with zero attached hydrogens (tertiary/aromatic N) is 2. The van der Waals surface area contributed by atoms with Crippen molar-refractivity contribution in [1.82, 2.24) is 4.90 Å². The number of carboxylic acid groups (broad SMARTS) is 1. The predicted octanol–water partition coefficient (Wildman–Crippen LogP) is 4.98. The van der Waals surface area contributed by atoms with Gasteiger partial charge in [-0.05, 0) is 101 Å². The molecule has 0 bridgehead atoms. The molecule has 1 aliphatic heterocycles. The molecular weight excluding hydrogens is 853 g/mol. The Kier molecular flexibility index (Phi) is 15.0. The van der Waals surface area contributed by atoms with Crippen LogP contribution in [0.5, 0.6) is 23.0 Å². The maximum Gasteiger partial charge on any atom is 0.430 e. The summed E-state index contributed by atoms with van der Waals surface area (Å²) in [7, 11) is 1.18. The minimum Gasteiger partial charge on any atom is -0.542 e. The quantitative estimate of drug-likeness (QED) is 0.122. The highest BCUT2D eigenvalue weighted by Gasteiger charge is 2.41. The van der Waals surface area contributed by atoms with Crippen molar-refractivity contribution in [2.24, 2.45) is 5.73 Å². The molecule has 19 heteroatoms. The van der Waals surface area contributed by atoms with Crippen molar-refractivity contribution < 1.29 is 64.3 Å². The van der Waals surface area contributed by atoms with Gasteiger partial charge in [0.25, 0.3) is 0 Å². The number of aliphatic carboxylic acids is 1. The molecule has 0 saturated carbocycles. The number of anilines is 1. The summed E-state index contributed by atoms with van der Waals surface area (Å²) in [6.07, 6.45) is -3.62. The number of rotatable bonds is 13. The van der Waals surface area contributed by atoms with Crippen LogP contribution >= 0.6 is 15.9 Å². The maximum absolute atomic E-state index is 14.3. The number of alkyl halides is 3. The second-order valence-corrected chi connectivity index (χ2v) is 15.9. The average molecular weight is 896 g/mol. The van der Waals surface area contributed by atoms with Crippen LogP contribution in [0.25, 0.3) is 0 Å². The second kappa shape index (κ2) is 19.3. The zero-order valence-electron chi connectivity index (χ0n) is 31.6. The van der Waals surface area contributed by atoms with E-state index in [9.17, 15) is 36.3 Å². The number of amides is 3. The number of halogens is 4. The van der Waals surface area contributed by atoms with Gasteiger partial charge in [0.1, 0.15) is 35.0 Å². The lowest BCUT2D eigenvalue weighted by Crippen LogP contribution is -2.62. The summed E-state index contributed by atoms with van der Waals surface area (Å²) in [5, 5.41) is 21.5. The van der Waals surface area contributed by atoms with Crippen LogP contribution in [0.2, 0.25) is 0 Å². The average Bonchev–Trinajstić information content (AvgIpc) is 3.15. The van der Waals surface area contributed by atoms with Crippen molar-refractivity contribution in [3.63, 3.8) is 0 Å². The number of hydrogen-bond acceptors (Lipinski definition) is 10. The summed E-state index contributed by atoms with van der Waals surface area (Å²) >= 11 is 3.24. The fraction of sp³-hybridized carbons (Fsp3) is 0.308. The highest BCUT2D eigenvalue weighted by atomic mass is 79.9. The van der Waals surface area contributed by atoms with Gasteiger partial charge in [0.05, 0.1) is 40.4 Å². The Morgan fingerprint density at radius 2 is 1.59 bits per heavy atom. The van der Waals surface area contributed by atoms with E-state index in [-0.39, 0.29) is 28.9 Å². The molecule has 1 fully saturated rings. The summed E-state index contributed by atoms with van der Waals surface area (Å²) in [5.74, 6) is -2.28. The van der Waals surface area contributed by atoms with Crippen molar-refractivity contribution in [3.05, 3.63) is 107 Å². The number of primary amides is 1. The number of carbonyl (C=O) groups is 3. The van der Waals surface area contributed by atoms with Gasteiger partial charge < -0.3 is 49.1 Å². The molecule has 3 atom stereocenters. The van der Waals surface area contributed by atoms with Crippen LogP contribution < -0.4 is 29.8 Å². The SMILES string of the molecule is COc1ccc(C[N+]2(C)CCC[C@H](N(C(=O)Nc3ccc(OS(=O)(=O)c4ccccc4Br)cc3)[C@@H](Cc3ccc(O)cc3)C(N)=O)C2)cc1OC.O=C([O-])C(F)(F)F. The molecule has 312 valence electrons. The van der Waals surface area contributed by atoms with Crippen molar-refractivity contribution >= 4 is 49.6 Å². The molecular formula is C39H42BrF3N4O10S. The van der Waals surface area contributed by atoms with E-state index >= 15 is 0 Å².